The minimum atomic E-state index is -0.407. The Labute approximate surface area is 118 Å². The van der Waals surface area contributed by atoms with Crippen LogP contribution in [0.15, 0.2) is 22.8 Å². The van der Waals surface area contributed by atoms with Gasteiger partial charge in [0.1, 0.15) is 0 Å². The molecule has 2 amide bonds. The van der Waals surface area contributed by atoms with E-state index in [-0.39, 0.29) is 30.0 Å². The highest BCUT2D eigenvalue weighted by atomic mass is 16.3. The molecule has 2 unspecified atom stereocenters. The highest BCUT2D eigenvalue weighted by molar-refractivity contribution is 5.94. The van der Waals surface area contributed by atoms with Crippen LogP contribution < -0.4 is 0 Å². The number of aliphatic hydroxyl groups excluding tert-OH is 1. The van der Waals surface area contributed by atoms with E-state index in [1.807, 2.05) is 0 Å². The number of carbonyl (C=O) groups is 2. The van der Waals surface area contributed by atoms with E-state index in [0.29, 0.717) is 13.1 Å². The molecule has 1 N–H and O–H groups in total. The van der Waals surface area contributed by atoms with Crippen LogP contribution in [0.4, 0.5) is 0 Å². The van der Waals surface area contributed by atoms with Crippen LogP contribution in [-0.2, 0) is 4.79 Å². The third-order valence-corrected chi connectivity index (χ3v) is 3.71. The van der Waals surface area contributed by atoms with E-state index in [1.165, 1.54) is 11.2 Å². The van der Waals surface area contributed by atoms with Crippen LogP contribution >= 0.6 is 0 Å². The average Bonchev–Trinajstić information content (AvgIpc) is 3.08. The Morgan fingerprint density at radius 1 is 1.60 bits per heavy atom. The number of hydrogen-bond acceptors (Lipinski definition) is 4. The van der Waals surface area contributed by atoms with Gasteiger partial charge in [-0.05, 0) is 25.5 Å². The van der Waals surface area contributed by atoms with Gasteiger partial charge in [-0.3, -0.25) is 9.59 Å². The molecule has 110 valence electrons. The van der Waals surface area contributed by atoms with Crippen molar-refractivity contribution in [2.75, 3.05) is 26.7 Å². The predicted molar refractivity (Wildman–Crippen MR) is 72.0 cm³/mol. The molecular weight excluding hydrogens is 260 g/mol. The number of amides is 2. The van der Waals surface area contributed by atoms with Gasteiger partial charge in [-0.1, -0.05) is 0 Å². The molecule has 0 bridgehead atoms. The van der Waals surface area contributed by atoms with Gasteiger partial charge in [0.05, 0.1) is 18.9 Å². The first-order chi connectivity index (χ1) is 9.49. The summed E-state index contributed by atoms with van der Waals surface area (Å²) in [5.74, 6) is -0.0567. The number of furan rings is 1. The molecule has 6 nitrogen and oxygen atoms in total. The van der Waals surface area contributed by atoms with E-state index in [4.69, 9.17) is 4.42 Å². The van der Waals surface area contributed by atoms with Crippen LogP contribution in [0.1, 0.15) is 23.9 Å². The molecule has 0 radical (unpaired) electrons. The smallest absolute Gasteiger partial charge is 0.289 e. The highest BCUT2D eigenvalue weighted by Gasteiger charge is 2.30. The van der Waals surface area contributed by atoms with Crippen molar-refractivity contribution in [3.63, 3.8) is 0 Å². The van der Waals surface area contributed by atoms with Crippen molar-refractivity contribution in [1.29, 1.82) is 0 Å². The zero-order valence-electron chi connectivity index (χ0n) is 11.8. The first-order valence-corrected chi connectivity index (χ1v) is 6.74. The monoisotopic (exact) mass is 280 g/mol. The molecule has 1 saturated heterocycles. The summed E-state index contributed by atoms with van der Waals surface area (Å²) >= 11 is 0. The fourth-order valence-electron chi connectivity index (χ4n) is 2.37. The highest BCUT2D eigenvalue weighted by Crippen LogP contribution is 2.19. The maximum absolute atomic E-state index is 12.1. The van der Waals surface area contributed by atoms with Gasteiger partial charge in [0, 0.05) is 26.1 Å². The van der Waals surface area contributed by atoms with Crippen molar-refractivity contribution in [3.8, 4) is 0 Å². The van der Waals surface area contributed by atoms with Gasteiger partial charge in [0.25, 0.3) is 5.91 Å². The molecule has 0 saturated carbocycles. The summed E-state index contributed by atoms with van der Waals surface area (Å²) < 4.78 is 5.02. The molecule has 1 aromatic heterocycles. The maximum atomic E-state index is 12.1. The van der Waals surface area contributed by atoms with Gasteiger partial charge in [0.15, 0.2) is 5.76 Å². The fourth-order valence-corrected chi connectivity index (χ4v) is 2.37. The standard InChI is InChI=1S/C14H20N2O4/c1-10(17)11-5-6-16(8-11)13(18)9-15(2)14(19)12-4-3-7-20-12/h3-4,7,10-11,17H,5-6,8-9H2,1-2H3. The van der Waals surface area contributed by atoms with Crippen LogP contribution in [0.3, 0.4) is 0 Å². The van der Waals surface area contributed by atoms with Gasteiger partial charge < -0.3 is 19.3 Å². The van der Waals surface area contributed by atoms with Crippen molar-refractivity contribution in [1.82, 2.24) is 9.80 Å². The number of hydrogen-bond donors (Lipinski definition) is 1. The zero-order valence-corrected chi connectivity index (χ0v) is 11.8. The summed E-state index contributed by atoms with van der Waals surface area (Å²) in [7, 11) is 1.57. The number of likely N-dealkylation sites (tertiary alicyclic amines) is 1. The van der Waals surface area contributed by atoms with E-state index < -0.39 is 6.10 Å². The van der Waals surface area contributed by atoms with Gasteiger partial charge >= 0.3 is 0 Å². The second-order valence-corrected chi connectivity index (χ2v) is 5.27. The summed E-state index contributed by atoms with van der Waals surface area (Å²) in [6.45, 7) is 2.95. The molecule has 20 heavy (non-hydrogen) atoms. The summed E-state index contributed by atoms with van der Waals surface area (Å²) in [5.41, 5.74) is 0. The number of carbonyl (C=O) groups excluding carboxylic acids is 2. The van der Waals surface area contributed by atoms with Crippen molar-refractivity contribution >= 4 is 11.8 Å². The fraction of sp³-hybridized carbons (Fsp3) is 0.571. The lowest BCUT2D eigenvalue weighted by Crippen LogP contribution is -2.40. The number of aliphatic hydroxyl groups is 1. The number of rotatable bonds is 4. The Kier molecular flexibility index (Phi) is 4.44. The van der Waals surface area contributed by atoms with Gasteiger partial charge in [-0.15, -0.1) is 0 Å². The molecule has 0 aromatic carbocycles. The Balaban J connectivity index is 1.87. The lowest BCUT2D eigenvalue weighted by atomic mass is 10.0. The van der Waals surface area contributed by atoms with Crippen LogP contribution in [-0.4, -0.2) is 59.5 Å². The molecule has 1 aliphatic rings. The quantitative estimate of drug-likeness (QED) is 0.875. The number of nitrogens with zero attached hydrogens (tertiary/aromatic N) is 2. The van der Waals surface area contributed by atoms with E-state index >= 15 is 0 Å². The predicted octanol–water partition coefficient (Wildman–Crippen LogP) is 0.581. The molecule has 6 heteroatoms. The summed E-state index contributed by atoms with van der Waals surface area (Å²) in [5, 5.41) is 9.53. The Hall–Kier alpha value is -1.82. The molecule has 1 fully saturated rings. The van der Waals surface area contributed by atoms with Crippen LogP contribution in [0.25, 0.3) is 0 Å². The molecule has 2 heterocycles. The SMILES string of the molecule is CC(O)C1CCN(C(=O)CN(C)C(=O)c2ccco2)C1. The van der Waals surface area contributed by atoms with Crippen molar-refractivity contribution in [3.05, 3.63) is 24.2 Å². The van der Waals surface area contributed by atoms with Gasteiger partial charge in [-0.2, -0.15) is 0 Å². The lowest BCUT2D eigenvalue weighted by molar-refractivity contribution is -0.130. The van der Waals surface area contributed by atoms with Crippen LogP contribution in [0.2, 0.25) is 0 Å². The van der Waals surface area contributed by atoms with Crippen molar-refractivity contribution < 1.29 is 19.1 Å². The molecule has 0 aliphatic carbocycles. The topological polar surface area (TPSA) is 74.0 Å². The number of likely N-dealkylation sites (N-methyl/N-ethyl adjacent to an activating group) is 1. The second kappa shape index (κ2) is 6.09. The largest absolute Gasteiger partial charge is 0.459 e. The Morgan fingerprint density at radius 2 is 2.35 bits per heavy atom. The van der Waals surface area contributed by atoms with Gasteiger partial charge in [-0.25, -0.2) is 0 Å². The van der Waals surface area contributed by atoms with Gasteiger partial charge in [0.2, 0.25) is 5.91 Å². The zero-order chi connectivity index (χ0) is 14.7. The summed E-state index contributed by atoms with van der Waals surface area (Å²) in [6, 6.07) is 3.21. The molecular formula is C14H20N2O4. The van der Waals surface area contributed by atoms with Crippen LogP contribution in [0, 0.1) is 5.92 Å². The van der Waals surface area contributed by atoms with Crippen molar-refractivity contribution in [2.45, 2.75) is 19.4 Å². The van der Waals surface area contributed by atoms with E-state index in [1.54, 1.807) is 31.0 Å². The van der Waals surface area contributed by atoms with E-state index in [2.05, 4.69) is 0 Å². The average molecular weight is 280 g/mol. The third kappa shape index (κ3) is 3.19. The van der Waals surface area contributed by atoms with E-state index in [0.717, 1.165) is 6.42 Å². The first-order valence-electron chi connectivity index (χ1n) is 6.74. The third-order valence-electron chi connectivity index (χ3n) is 3.71. The maximum Gasteiger partial charge on any atom is 0.289 e. The Morgan fingerprint density at radius 3 is 2.90 bits per heavy atom. The lowest BCUT2D eigenvalue weighted by Gasteiger charge is -2.21. The second-order valence-electron chi connectivity index (χ2n) is 5.27. The summed E-state index contributed by atoms with van der Waals surface area (Å²) in [6.07, 6.45) is 1.82. The first kappa shape index (κ1) is 14.6. The Bertz CT molecular complexity index is 470. The molecule has 0 spiro atoms. The normalized spacial score (nSPS) is 19.9. The van der Waals surface area contributed by atoms with Crippen molar-refractivity contribution in [2.24, 2.45) is 5.92 Å². The molecule has 2 rings (SSSR count). The van der Waals surface area contributed by atoms with E-state index in [9.17, 15) is 14.7 Å². The molecule has 2 atom stereocenters. The summed E-state index contributed by atoms with van der Waals surface area (Å²) in [4.78, 5) is 27.1. The molecule has 1 aliphatic heterocycles. The van der Waals surface area contributed by atoms with Crippen LogP contribution in [0.5, 0.6) is 0 Å². The molecule has 1 aromatic rings. The minimum Gasteiger partial charge on any atom is -0.459 e. The minimum absolute atomic E-state index is 0.0199.